The van der Waals surface area contributed by atoms with Crippen LogP contribution in [0.1, 0.15) is 24.8 Å². The quantitative estimate of drug-likeness (QED) is 0.815. The van der Waals surface area contributed by atoms with Crippen LogP contribution in [-0.4, -0.2) is 37.0 Å². The number of rotatable bonds is 6. The average Bonchev–Trinajstić information content (AvgIpc) is 2.35. The number of aliphatic hydroxyl groups is 1. The lowest BCUT2D eigenvalue weighted by atomic mass is 9.93. The van der Waals surface area contributed by atoms with Crippen LogP contribution in [0.3, 0.4) is 0 Å². The Labute approximate surface area is 118 Å². The van der Waals surface area contributed by atoms with E-state index in [0.717, 1.165) is 19.3 Å². The average molecular weight is 302 g/mol. The first-order chi connectivity index (χ1) is 9.52. The molecule has 2 rings (SSSR count). The summed E-state index contributed by atoms with van der Waals surface area (Å²) in [6, 6.07) is 3.81. The van der Waals surface area contributed by atoms with Crippen molar-refractivity contribution in [2.45, 2.75) is 36.7 Å². The standard InChI is InChI=1S/C13H19FN2O3S/c14-12-5-2-6-13(11(12)9-15)20(18,19)16(7-8-17)10-3-1-4-10/h2,5-6,10,17H,1,3-4,7-9,15H2. The summed E-state index contributed by atoms with van der Waals surface area (Å²) in [5.41, 5.74) is 5.47. The van der Waals surface area contributed by atoms with Crippen molar-refractivity contribution in [1.29, 1.82) is 0 Å². The van der Waals surface area contributed by atoms with Gasteiger partial charge in [0, 0.05) is 24.7 Å². The monoisotopic (exact) mass is 302 g/mol. The van der Waals surface area contributed by atoms with Crippen LogP contribution in [0.5, 0.6) is 0 Å². The molecule has 5 nitrogen and oxygen atoms in total. The number of halogens is 1. The first kappa shape index (κ1) is 15.4. The van der Waals surface area contributed by atoms with Crippen molar-refractivity contribution in [3.8, 4) is 0 Å². The van der Waals surface area contributed by atoms with Crippen molar-refractivity contribution < 1.29 is 17.9 Å². The summed E-state index contributed by atoms with van der Waals surface area (Å²) in [4.78, 5) is -0.0969. The molecule has 0 unspecified atom stereocenters. The summed E-state index contributed by atoms with van der Waals surface area (Å²) in [6.45, 7) is -0.421. The molecule has 0 atom stereocenters. The Balaban J connectivity index is 2.44. The normalized spacial score (nSPS) is 16.4. The van der Waals surface area contributed by atoms with Gasteiger partial charge in [-0.1, -0.05) is 12.5 Å². The predicted octanol–water partition coefficient (Wildman–Crippen LogP) is 0.820. The molecule has 112 valence electrons. The molecule has 0 amide bonds. The lowest BCUT2D eigenvalue weighted by Crippen LogP contribution is -2.45. The zero-order valence-corrected chi connectivity index (χ0v) is 11.9. The van der Waals surface area contributed by atoms with Crippen LogP contribution in [0.25, 0.3) is 0 Å². The van der Waals surface area contributed by atoms with Gasteiger partial charge >= 0.3 is 0 Å². The van der Waals surface area contributed by atoms with E-state index in [9.17, 15) is 12.8 Å². The summed E-state index contributed by atoms with van der Waals surface area (Å²) >= 11 is 0. The Morgan fingerprint density at radius 3 is 2.60 bits per heavy atom. The van der Waals surface area contributed by atoms with Crippen LogP contribution in [0.15, 0.2) is 23.1 Å². The van der Waals surface area contributed by atoms with Gasteiger partial charge in [-0.15, -0.1) is 0 Å². The van der Waals surface area contributed by atoms with E-state index in [1.165, 1.54) is 22.5 Å². The summed E-state index contributed by atoms with van der Waals surface area (Å²) in [7, 11) is -3.84. The van der Waals surface area contributed by atoms with E-state index < -0.39 is 15.8 Å². The van der Waals surface area contributed by atoms with Crippen LogP contribution in [0.2, 0.25) is 0 Å². The van der Waals surface area contributed by atoms with Gasteiger partial charge in [0.05, 0.1) is 11.5 Å². The Kier molecular flexibility index (Phi) is 4.74. The fourth-order valence-corrected chi connectivity index (χ4v) is 4.30. The molecule has 1 aliphatic carbocycles. The zero-order chi connectivity index (χ0) is 14.8. The molecule has 1 aromatic rings. The molecule has 3 N–H and O–H groups in total. The molecule has 1 saturated carbocycles. The lowest BCUT2D eigenvalue weighted by molar-refractivity contribution is 0.178. The number of nitrogens with zero attached hydrogens (tertiary/aromatic N) is 1. The second-order valence-corrected chi connectivity index (χ2v) is 6.70. The third-order valence-electron chi connectivity index (χ3n) is 3.67. The fourth-order valence-electron chi connectivity index (χ4n) is 2.38. The minimum atomic E-state index is -3.84. The summed E-state index contributed by atoms with van der Waals surface area (Å²) < 4.78 is 40.3. The van der Waals surface area contributed by atoms with Crippen LogP contribution < -0.4 is 5.73 Å². The van der Waals surface area contributed by atoms with E-state index in [2.05, 4.69) is 0 Å². The second kappa shape index (κ2) is 6.17. The molecule has 0 saturated heterocycles. The van der Waals surface area contributed by atoms with Gasteiger partial charge in [-0.25, -0.2) is 12.8 Å². The third kappa shape index (κ3) is 2.71. The third-order valence-corrected chi connectivity index (χ3v) is 5.71. The van der Waals surface area contributed by atoms with Crippen LogP contribution in [0, 0.1) is 5.82 Å². The second-order valence-electron chi connectivity index (χ2n) is 4.84. The summed E-state index contributed by atoms with van der Waals surface area (Å²) in [5.74, 6) is -0.619. The smallest absolute Gasteiger partial charge is 0.243 e. The van der Waals surface area contributed by atoms with Crippen molar-refractivity contribution in [2.75, 3.05) is 13.2 Å². The molecule has 20 heavy (non-hydrogen) atoms. The largest absolute Gasteiger partial charge is 0.395 e. The van der Waals surface area contributed by atoms with E-state index >= 15 is 0 Å². The molecule has 7 heteroatoms. The van der Waals surface area contributed by atoms with E-state index in [1.807, 2.05) is 0 Å². The first-order valence-corrected chi connectivity index (χ1v) is 8.06. The van der Waals surface area contributed by atoms with Crippen molar-refractivity contribution in [3.63, 3.8) is 0 Å². The van der Waals surface area contributed by atoms with Crippen LogP contribution in [0.4, 0.5) is 4.39 Å². The minimum Gasteiger partial charge on any atom is -0.395 e. The maximum Gasteiger partial charge on any atom is 0.243 e. The van der Waals surface area contributed by atoms with Gasteiger partial charge in [0.1, 0.15) is 5.82 Å². The highest BCUT2D eigenvalue weighted by atomic mass is 32.2. The lowest BCUT2D eigenvalue weighted by Gasteiger charge is -2.36. The van der Waals surface area contributed by atoms with Gasteiger partial charge in [-0.3, -0.25) is 0 Å². The van der Waals surface area contributed by atoms with Gasteiger partial charge in [0.25, 0.3) is 0 Å². The molecular weight excluding hydrogens is 283 g/mol. The maximum atomic E-state index is 13.7. The molecule has 0 spiro atoms. The number of hydrogen-bond donors (Lipinski definition) is 2. The van der Waals surface area contributed by atoms with Crippen molar-refractivity contribution in [1.82, 2.24) is 4.31 Å². The number of aliphatic hydroxyl groups excluding tert-OH is 1. The van der Waals surface area contributed by atoms with Gasteiger partial charge in [0.2, 0.25) is 10.0 Å². The molecule has 1 fully saturated rings. The summed E-state index contributed by atoms with van der Waals surface area (Å²) in [5, 5.41) is 9.09. The van der Waals surface area contributed by atoms with Gasteiger partial charge < -0.3 is 10.8 Å². The van der Waals surface area contributed by atoms with E-state index in [-0.39, 0.29) is 36.2 Å². The highest BCUT2D eigenvalue weighted by Crippen LogP contribution is 2.31. The van der Waals surface area contributed by atoms with Gasteiger partial charge in [-0.05, 0) is 25.0 Å². The van der Waals surface area contributed by atoms with E-state index in [0.29, 0.717) is 0 Å². The van der Waals surface area contributed by atoms with Crippen molar-refractivity contribution in [2.24, 2.45) is 5.73 Å². The topological polar surface area (TPSA) is 83.6 Å². The fraction of sp³-hybridized carbons (Fsp3) is 0.538. The molecule has 0 aliphatic heterocycles. The first-order valence-electron chi connectivity index (χ1n) is 6.62. The van der Waals surface area contributed by atoms with Gasteiger partial charge in [-0.2, -0.15) is 4.31 Å². The molecule has 1 aromatic carbocycles. The van der Waals surface area contributed by atoms with Crippen LogP contribution in [-0.2, 0) is 16.6 Å². The van der Waals surface area contributed by atoms with Gasteiger partial charge in [0.15, 0.2) is 0 Å². The molecule has 0 radical (unpaired) electrons. The van der Waals surface area contributed by atoms with Crippen molar-refractivity contribution >= 4 is 10.0 Å². The van der Waals surface area contributed by atoms with E-state index in [4.69, 9.17) is 10.8 Å². The van der Waals surface area contributed by atoms with Crippen molar-refractivity contribution in [3.05, 3.63) is 29.6 Å². The Morgan fingerprint density at radius 2 is 2.10 bits per heavy atom. The molecule has 1 aliphatic rings. The minimum absolute atomic E-state index is 0.00485. The Morgan fingerprint density at radius 1 is 1.40 bits per heavy atom. The van der Waals surface area contributed by atoms with E-state index in [1.54, 1.807) is 0 Å². The Bertz CT molecular complexity index is 573. The summed E-state index contributed by atoms with van der Waals surface area (Å²) in [6.07, 6.45) is 2.51. The number of hydrogen-bond acceptors (Lipinski definition) is 4. The number of benzene rings is 1. The molecule has 0 heterocycles. The van der Waals surface area contributed by atoms with Crippen LogP contribution >= 0.6 is 0 Å². The maximum absolute atomic E-state index is 13.7. The number of sulfonamides is 1. The highest BCUT2D eigenvalue weighted by molar-refractivity contribution is 7.89. The molecule has 0 bridgehead atoms. The zero-order valence-electron chi connectivity index (χ0n) is 11.1. The molecular formula is C13H19FN2O3S. The molecule has 0 aromatic heterocycles. The predicted molar refractivity (Wildman–Crippen MR) is 72.9 cm³/mol. The number of nitrogens with two attached hydrogens (primary N) is 1. The SMILES string of the molecule is NCc1c(F)cccc1S(=O)(=O)N(CCO)C1CCC1. The highest BCUT2D eigenvalue weighted by Gasteiger charge is 2.35. The Hall–Kier alpha value is -1.02.